The molecule has 1 aliphatic heterocycles. The molecule has 10 heteroatoms. The molecule has 0 saturated heterocycles. The molecule has 2 amide bonds. The normalized spacial score (nSPS) is 18.2. The second kappa shape index (κ2) is 9.18. The van der Waals surface area contributed by atoms with Gasteiger partial charge in [0.25, 0.3) is 11.8 Å². The van der Waals surface area contributed by atoms with Gasteiger partial charge in [0, 0.05) is 29.5 Å². The van der Waals surface area contributed by atoms with E-state index in [2.05, 4.69) is 5.32 Å². The third-order valence-electron chi connectivity index (χ3n) is 7.45. The zero-order valence-electron chi connectivity index (χ0n) is 20.4. The molecule has 2 aliphatic rings. The second-order valence-corrected chi connectivity index (χ2v) is 14.7. The summed E-state index contributed by atoms with van der Waals surface area (Å²) in [6.45, 7) is 7.21. The Labute approximate surface area is 215 Å². The molecule has 2 N–H and O–H groups in total. The number of aliphatic hydroxyl groups excluding tert-OH is 1. The van der Waals surface area contributed by atoms with Crippen LogP contribution in [0.5, 0.6) is 0 Å². The van der Waals surface area contributed by atoms with Gasteiger partial charge in [0.2, 0.25) is 0 Å². The Morgan fingerprint density at radius 3 is 2.49 bits per heavy atom. The number of aryl methyl sites for hydroxylation is 1. The summed E-state index contributed by atoms with van der Waals surface area (Å²) in [7, 11) is -3.69. The van der Waals surface area contributed by atoms with Crippen LogP contribution in [0, 0.1) is 6.92 Å². The average molecular weight is 539 g/mol. The van der Waals surface area contributed by atoms with Crippen molar-refractivity contribution in [2.75, 3.05) is 13.1 Å². The van der Waals surface area contributed by atoms with E-state index >= 15 is 0 Å². The van der Waals surface area contributed by atoms with Crippen LogP contribution in [0.2, 0.25) is 5.02 Å². The smallest absolute Gasteiger partial charge is 0.264 e. The first-order valence-electron chi connectivity index (χ1n) is 11.7. The van der Waals surface area contributed by atoms with Crippen molar-refractivity contribution in [1.82, 2.24) is 10.2 Å². The summed E-state index contributed by atoms with van der Waals surface area (Å²) in [5, 5.41) is 13.7. The molecule has 1 saturated carbocycles. The molecule has 7 nitrogen and oxygen atoms in total. The lowest BCUT2D eigenvalue weighted by molar-refractivity contribution is 0.0741. The van der Waals surface area contributed by atoms with Crippen molar-refractivity contribution in [2.45, 2.75) is 69.1 Å². The van der Waals surface area contributed by atoms with Crippen molar-refractivity contribution in [2.24, 2.45) is 0 Å². The van der Waals surface area contributed by atoms with Crippen LogP contribution < -0.4 is 5.32 Å². The first kappa shape index (κ1) is 26.1. The van der Waals surface area contributed by atoms with Gasteiger partial charge in [-0.25, -0.2) is 8.42 Å². The van der Waals surface area contributed by atoms with Gasteiger partial charge in [0.1, 0.15) is 0 Å². The second-order valence-electron chi connectivity index (χ2n) is 10.1. The monoisotopic (exact) mass is 538 g/mol. The number of rotatable bonds is 8. The van der Waals surface area contributed by atoms with Crippen molar-refractivity contribution in [3.05, 3.63) is 55.7 Å². The predicted molar refractivity (Wildman–Crippen MR) is 138 cm³/mol. The summed E-state index contributed by atoms with van der Waals surface area (Å²) in [5.41, 5.74) is 2.19. The average Bonchev–Trinajstić information content (AvgIpc) is 3.51. The number of fused-ring (bicyclic) bond motifs is 1. The Bertz CT molecular complexity index is 1260. The lowest BCUT2D eigenvalue weighted by Gasteiger charge is -2.36. The van der Waals surface area contributed by atoms with Gasteiger partial charge in [0.05, 0.1) is 26.0 Å². The van der Waals surface area contributed by atoms with E-state index in [1.807, 2.05) is 19.1 Å². The molecule has 1 atom stereocenters. The van der Waals surface area contributed by atoms with E-state index in [0.717, 1.165) is 16.0 Å². The van der Waals surface area contributed by atoms with Gasteiger partial charge in [0.15, 0.2) is 9.84 Å². The summed E-state index contributed by atoms with van der Waals surface area (Å²) in [4.78, 5) is 29.3. The van der Waals surface area contributed by atoms with E-state index in [-0.39, 0.29) is 18.4 Å². The number of aliphatic hydroxyl groups is 1. The Hall–Kier alpha value is -1.94. The molecule has 35 heavy (non-hydrogen) atoms. The molecular weight excluding hydrogens is 508 g/mol. The van der Waals surface area contributed by atoms with E-state index in [4.69, 9.17) is 11.6 Å². The fourth-order valence-corrected chi connectivity index (χ4v) is 8.42. The SMILES string of the molecule is Cc1sc2c(c1C(=O)NCc1ccc(Cl)cc1)CCN(CC1(S(=O)(=O)C(C)(C)C(C)O)CC1)C2=O. The van der Waals surface area contributed by atoms with Crippen molar-refractivity contribution >= 4 is 44.6 Å². The van der Waals surface area contributed by atoms with Crippen LogP contribution >= 0.6 is 22.9 Å². The van der Waals surface area contributed by atoms with Gasteiger partial charge >= 0.3 is 0 Å². The van der Waals surface area contributed by atoms with Crippen LogP contribution in [-0.2, 0) is 22.8 Å². The van der Waals surface area contributed by atoms with Crippen LogP contribution in [0.15, 0.2) is 24.3 Å². The lowest BCUT2D eigenvalue weighted by atomic mass is 10.0. The highest BCUT2D eigenvalue weighted by Crippen LogP contribution is 2.50. The highest BCUT2D eigenvalue weighted by atomic mass is 35.5. The fraction of sp³-hybridized carbons (Fsp3) is 0.520. The van der Waals surface area contributed by atoms with E-state index in [9.17, 15) is 23.1 Å². The van der Waals surface area contributed by atoms with Gasteiger partial charge in [-0.2, -0.15) is 0 Å². The van der Waals surface area contributed by atoms with Gasteiger partial charge in [-0.05, 0) is 70.2 Å². The Balaban J connectivity index is 1.51. The van der Waals surface area contributed by atoms with Crippen molar-refractivity contribution in [1.29, 1.82) is 0 Å². The predicted octanol–water partition coefficient (Wildman–Crippen LogP) is 3.75. The number of benzene rings is 1. The van der Waals surface area contributed by atoms with Gasteiger partial charge in [-0.15, -0.1) is 11.3 Å². The number of nitrogens with one attached hydrogen (secondary N) is 1. The number of hydrogen-bond acceptors (Lipinski definition) is 6. The highest BCUT2D eigenvalue weighted by Gasteiger charge is 2.62. The molecule has 1 fully saturated rings. The fourth-order valence-electron chi connectivity index (χ4n) is 4.60. The number of carbonyl (C=O) groups excluding carboxylic acids is 2. The lowest BCUT2D eigenvalue weighted by Crippen LogP contribution is -2.53. The Kier molecular flexibility index (Phi) is 6.85. The van der Waals surface area contributed by atoms with Crippen LogP contribution in [0.3, 0.4) is 0 Å². The molecular formula is C25H31ClN2O5S2. The van der Waals surface area contributed by atoms with Crippen LogP contribution in [0.25, 0.3) is 0 Å². The number of thiophene rings is 1. The number of halogens is 1. The number of sulfone groups is 1. The molecule has 2 aromatic rings. The zero-order chi connectivity index (χ0) is 25.8. The first-order chi connectivity index (χ1) is 16.3. The van der Waals surface area contributed by atoms with Gasteiger partial charge < -0.3 is 15.3 Å². The van der Waals surface area contributed by atoms with E-state index in [1.54, 1.807) is 30.9 Å². The first-order valence-corrected chi connectivity index (χ1v) is 14.3. The molecule has 1 unspecified atom stereocenters. The van der Waals surface area contributed by atoms with Crippen molar-refractivity contribution < 1.29 is 23.1 Å². The molecule has 0 radical (unpaired) electrons. The maximum Gasteiger partial charge on any atom is 0.264 e. The molecule has 1 aromatic heterocycles. The topological polar surface area (TPSA) is 104 Å². The molecule has 190 valence electrons. The van der Waals surface area contributed by atoms with Crippen LogP contribution in [-0.4, -0.2) is 58.9 Å². The summed E-state index contributed by atoms with van der Waals surface area (Å²) in [6, 6.07) is 7.23. The Morgan fingerprint density at radius 2 is 1.91 bits per heavy atom. The minimum absolute atomic E-state index is 0.110. The molecule has 0 spiro atoms. The summed E-state index contributed by atoms with van der Waals surface area (Å²) < 4.78 is 24.5. The molecule has 1 aromatic carbocycles. The molecule has 0 bridgehead atoms. The largest absolute Gasteiger partial charge is 0.392 e. The number of nitrogens with zero attached hydrogens (tertiary/aromatic N) is 1. The minimum atomic E-state index is -3.69. The van der Waals surface area contributed by atoms with E-state index < -0.39 is 25.4 Å². The zero-order valence-corrected chi connectivity index (χ0v) is 22.7. The molecule has 1 aliphatic carbocycles. The van der Waals surface area contributed by atoms with Crippen molar-refractivity contribution in [3.63, 3.8) is 0 Å². The van der Waals surface area contributed by atoms with E-state index in [1.165, 1.54) is 18.3 Å². The third-order valence-corrected chi connectivity index (χ3v) is 12.2. The minimum Gasteiger partial charge on any atom is -0.392 e. The standard InChI is InChI=1S/C25H31ClN2O5S2/c1-15-20(22(30)27-13-17-5-7-18(26)8-6-17)19-9-12-28(23(31)21(19)34-15)14-25(10-11-25)35(32,33)24(3,4)16(2)29/h5-8,16,29H,9-14H2,1-4H3,(H,27,30). The maximum atomic E-state index is 13.4. The number of amides is 2. The molecule has 4 rings (SSSR count). The summed E-state index contributed by atoms with van der Waals surface area (Å²) >= 11 is 7.21. The van der Waals surface area contributed by atoms with Crippen LogP contribution in [0.4, 0.5) is 0 Å². The highest BCUT2D eigenvalue weighted by molar-refractivity contribution is 7.94. The number of hydrogen-bond donors (Lipinski definition) is 2. The quantitative estimate of drug-likeness (QED) is 0.533. The van der Waals surface area contributed by atoms with Crippen LogP contribution in [0.1, 0.15) is 69.6 Å². The van der Waals surface area contributed by atoms with E-state index in [0.29, 0.717) is 47.8 Å². The summed E-state index contributed by atoms with van der Waals surface area (Å²) in [5.74, 6) is -0.455. The third kappa shape index (κ3) is 4.52. The number of carbonyl (C=O) groups is 2. The molecule has 2 heterocycles. The van der Waals surface area contributed by atoms with Gasteiger partial charge in [-0.3, -0.25) is 9.59 Å². The van der Waals surface area contributed by atoms with Crippen molar-refractivity contribution in [3.8, 4) is 0 Å². The Morgan fingerprint density at radius 1 is 1.29 bits per heavy atom. The van der Waals surface area contributed by atoms with Gasteiger partial charge in [-0.1, -0.05) is 23.7 Å². The summed E-state index contributed by atoms with van der Waals surface area (Å²) in [6.07, 6.45) is 0.418. The maximum absolute atomic E-state index is 13.4.